The first-order chi connectivity index (χ1) is 7.79. The lowest BCUT2D eigenvalue weighted by Gasteiger charge is -1.99. The number of aryl methyl sites for hydroxylation is 1. The molecule has 86 valence electrons. The van der Waals surface area contributed by atoms with Gasteiger partial charge in [-0.1, -0.05) is 6.07 Å². The van der Waals surface area contributed by atoms with Crippen LogP contribution in [0.5, 0.6) is 0 Å². The van der Waals surface area contributed by atoms with Gasteiger partial charge in [0.15, 0.2) is 0 Å². The van der Waals surface area contributed by atoms with Gasteiger partial charge in [-0.05, 0) is 24.6 Å². The molecule has 4 heteroatoms. The summed E-state index contributed by atoms with van der Waals surface area (Å²) in [4.78, 5) is 4.57. The maximum Gasteiger partial charge on any atom is 0.108 e. The molecule has 0 saturated heterocycles. The summed E-state index contributed by atoms with van der Waals surface area (Å²) in [6.07, 6.45) is 0. The second-order valence-corrected chi connectivity index (χ2v) is 4.86. The highest BCUT2D eigenvalue weighted by molar-refractivity contribution is 7.18. The van der Waals surface area contributed by atoms with E-state index in [4.69, 9.17) is 4.74 Å². The van der Waals surface area contributed by atoms with Gasteiger partial charge in [0.1, 0.15) is 5.01 Å². The molecule has 0 saturated carbocycles. The molecule has 16 heavy (non-hydrogen) atoms. The van der Waals surface area contributed by atoms with Crippen molar-refractivity contribution in [2.24, 2.45) is 0 Å². The lowest BCUT2D eigenvalue weighted by molar-refractivity contribution is 0.199. The van der Waals surface area contributed by atoms with Gasteiger partial charge in [-0.25, -0.2) is 4.98 Å². The predicted octanol–water partition coefficient (Wildman–Crippen LogP) is 2.34. The predicted molar refractivity (Wildman–Crippen MR) is 67.9 cm³/mol. The van der Waals surface area contributed by atoms with Crippen LogP contribution in [0.25, 0.3) is 10.2 Å². The molecule has 1 N–H and O–H groups in total. The first-order valence-electron chi connectivity index (χ1n) is 5.35. The summed E-state index contributed by atoms with van der Waals surface area (Å²) < 4.78 is 6.24. The van der Waals surface area contributed by atoms with Gasteiger partial charge in [-0.3, -0.25) is 0 Å². The molecule has 0 fully saturated rings. The van der Waals surface area contributed by atoms with Crippen LogP contribution in [0.1, 0.15) is 10.6 Å². The van der Waals surface area contributed by atoms with Crippen LogP contribution in [0, 0.1) is 6.92 Å². The molecule has 3 nitrogen and oxygen atoms in total. The minimum absolute atomic E-state index is 0.740. The standard InChI is InChI=1S/C12H16N2OS/c1-9-3-4-10-11(7-9)16-12(14-10)8-13-5-6-15-2/h3-4,7,13H,5-6,8H2,1-2H3. The van der Waals surface area contributed by atoms with Crippen molar-refractivity contribution in [1.29, 1.82) is 0 Å². The third-order valence-corrected chi connectivity index (χ3v) is 3.37. The number of hydrogen-bond acceptors (Lipinski definition) is 4. The Morgan fingerprint density at radius 2 is 2.31 bits per heavy atom. The lowest BCUT2D eigenvalue weighted by atomic mass is 10.2. The molecule has 0 amide bonds. The molecule has 0 unspecified atom stereocenters. The van der Waals surface area contributed by atoms with E-state index in [1.807, 2.05) is 0 Å². The van der Waals surface area contributed by atoms with Crippen LogP contribution >= 0.6 is 11.3 Å². The summed E-state index contributed by atoms with van der Waals surface area (Å²) in [5.41, 5.74) is 2.38. The number of methoxy groups -OCH3 is 1. The summed E-state index contributed by atoms with van der Waals surface area (Å²) in [7, 11) is 1.71. The Morgan fingerprint density at radius 3 is 3.12 bits per heavy atom. The molecule has 1 aromatic heterocycles. The maximum absolute atomic E-state index is 4.97. The molecular weight excluding hydrogens is 220 g/mol. The first-order valence-corrected chi connectivity index (χ1v) is 6.17. The van der Waals surface area contributed by atoms with Gasteiger partial charge in [0.2, 0.25) is 0 Å². The fraction of sp³-hybridized carbons (Fsp3) is 0.417. The molecule has 0 spiro atoms. The van der Waals surface area contributed by atoms with Crippen LogP contribution in [-0.2, 0) is 11.3 Å². The van der Waals surface area contributed by atoms with Crippen molar-refractivity contribution >= 4 is 21.6 Å². The number of thiazole rings is 1. The van der Waals surface area contributed by atoms with Crippen molar-refractivity contribution < 1.29 is 4.74 Å². The fourth-order valence-corrected chi connectivity index (χ4v) is 2.56. The van der Waals surface area contributed by atoms with Crippen LogP contribution in [0.4, 0.5) is 0 Å². The number of nitrogens with zero attached hydrogens (tertiary/aromatic N) is 1. The van der Waals surface area contributed by atoms with E-state index < -0.39 is 0 Å². The molecule has 1 aromatic carbocycles. The number of aromatic nitrogens is 1. The van der Waals surface area contributed by atoms with Crippen molar-refractivity contribution in [1.82, 2.24) is 10.3 Å². The van der Waals surface area contributed by atoms with Crippen molar-refractivity contribution in [3.8, 4) is 0 Å². The zero-order valence-corrected chi connectivity index (χ0v) is 10.4. The average molecular weight is 236 g/mol. The number of fused-ring (bicyclic) bond motifs is 1. The summed E-state index contributed by atoms with van der Waals surface area (Å²) in [5, 5.41) is 4.44. The second-order valence-electron chi connectivity index (χ2n) is 3.75. The molecule has 2 rings (SSSR count). The topological polar surface area (TPSA) is 34.1 Å². The summed E-state index contributed by atoms with van der Waals surface area (Å²) in [6, 6.07) is 6.37. The van der Waals surface area contributed by atoms with Gasteiger partial charge < -0.3 is 10.1 Å². The number of rotatable bonds is 5. The Bertz CT molecular complexity index is 467. The van der Waals surface area contributed by atoms with Crippen molar-refractivity contribution in [3.63, 3.8) is 0 Å². The van der Waals surface area contributed by atoms with E-state index in [1.54, 1.807) is 18.4 Å². The number of hydrogen-bond donors (Lipinski definition) is 1. The van der Waals surface area contributed by atoms with E-state index in [9.17, 15) is 0 Å². The van der Waals surface area contributed by atoms with Gasteiger partial charge in [-0.2, -0.15) is 0 Å². The monoisotopic (exact) mass is 236 g/mol. The fourth-order valence-electron chi connectivity index (χ4n) is 1.52. The highest BCUT2D eigenvalue weighted by Crippen LogP contribution is 2.22. The minimum atomic E-state index is 0.740. The van der Waals surface area contributed by atoms with E-state index in [2.05, 4.69) is 35.4 Å². The van der Waals surface area contributed by atoms with E-state index in [-0.39, 0.29) is 0 Å². The summed E-state index contributed by atoms with van der Waals surface area (Å²) >= 11 is 1.76. The number of nitrogens with one attached hydrogen (secondary N) is 1. The lowest BCUT2D eigenvalue weighted by Crippen LogP contribution is -2.18. The van der Waals surface area contributed by atoms with Crippen LogP contribution in [0.15, 0.2) is 18.2 Å². The van der Waals surface area contributed by atoms with Gasteiger partial charge in [0.25, 0.3) is 0 Å². The van der Waals surface area contributed by atoms with Crippen molar-refractivity contribution in [2.45, 2.75) is 13.5 Å². The molecule has 0 radical (unpaired) electrons. The average Bonchev–Trinajstić information content (AvgIpc) is 2.66. The number of benzene rings is 1. The molecule has 0 bridgehead atoms. The van der Waals surface area contributed by atoms with Crippen molar-refractivity contribution in [2.75, 3.05) is 20.3 Å². The van der Waals surface area contributed by atoms with Gasteiger partial charge >= 0.3 is 0 Å². The van der Waals surface area contributed by atoms with Gasteiger partial charge in [0.05, 0.1) is 16.8 Å². The van der Waals surface area contributed by atoms with E-state index >= 15 is 0 Å². The molecule has 0 aliphatic heterocycles. The van der Waals surface area contributed by atoms with Crippen molar-refractivity contribution in [3.05, 3.63) is 28.8 Å². The summed E-state index contributed by atoms with van der Waals surface area (Å²) in [5.74, 6) is 0. The van der Waals surface area contributed by atoms with Crippen LogP contribution in [0.3, 0.4) is 0 Å². The molecule has 0 aliphatic carbocycles. The van der Waals surface area contributed by atoms with E-state index in [1.165, 1.54) is 10.3 Å². The third-order valence-electron chi connectivity index (χ3n) is 2.35. The van der Waals surface area contributed by atoms with Crippen LogP contribution in [0.2, 0.25) is 0 Å². The van der Waals surface area contributed by atoms with Gasteiger partial charge in [-0.15, -0.1) is 11.3 Å². The smallest absolute Gasteiger partial charge is 0.108 e. The van der Waals surface area contributed by atoms with Crippen LogP contribution in [-0.4, -0.2) is 25.2 Å². The molecule has 0 atom stereocenters. The zero-order chi connectivity index (χ0) is 11.4. The summed E-state index contributed by atoms with van der Waals surface area (Å²) in [6.45, 7) is 4.53. The van der Waals surface area contributed by atoms with E-state index in [0.29, 0.717) is 0 Å². The molecule has 0 aliphatic rings. The molecule has 2 aromatic rings. The normalized spacial score (nSPS) is 11.1. The van der Waals surface area contributed by atoms with Crippen LogP contribution < -0.4 is 5.32 Å². The Balaban J connectivity index is 2.02. The zero-order valence-electron chi connectivity index (χ0n) is 9.62. The molecular formula is C12H16N2OS. The van der Waals surface area contributed by atoms with Gasteiger partial charge in [0, 0.05) is 20.2 Å². The largest absolute Gasteiger partial charge is 0.383 e. The Labute approximate surface area is 99.5 Å². The number of ether oxygens (including phenoxy) is 1. The first kappa shape index (κ1) is 11.5. The van der Waals surface area contributed by atoms with E-state index in [0.717, 1.165) is 30.2 Å². The Morgan fingerprint density at radius 1 is 1.44 bits per heavy atom. The quantitative estimate of drug-likeness (QED) is 0.809. The SMILES string of the molecule is COCCNCc1nc2ccc(C)cc2s1. The maximum atomic E-state index is 4.97. The Hall–Kier alpha value is -0.970. The third kappa shape index (κ3) is 2.78. The minimum Gasteiger partial charge on any atom is -0.383 e. The molecule has 1 heterocycles. The second kappa shape index (κ2) is 5.39. The highest BCUT2D eigenvalue weighted by Gasteiger charge is 2.02. The Kier molecular flexibility index (Phi) is 3.88. The highest BCUT2D eigenvalue weighted by atomic mass is 32.1.